The van der Waals surface area contributed by atoms with Crippen molar-refractivity contribution in [2.75, 3.05) is 18.1 Å². The summed E-state index contributed by atoms with van der Waals surface area (Å²) in [6, 6.07) is 8.34. The Hall–Kier alpha value is -1.07. The van der Waals surface area contributed by atoms with Crippen molar-refractivity contribution < 1.29 is 0 Å². The number of nitrogens with one attached hydrogen (secondary N) is 1. The molecule has 0 spiro atoms. The molecule has 96 valence electrons. The first-order chi connectivity index (χ1) is 8.69. The van der Waals surface area contributed by atoms with Gasteiger partial charge < -0.3 is 5.32 Å². The van der Waals surface area contributed by atoms with E-state index >= 15 is 0 Å². The van der Waals surface area contributed by atoms with Gasteiger partial charge in [-0.1, -0.05) is 26.0 Å². The number of nitrogens with zero attached hydrogens (tertiary/aromatic N) is 2. The Morgan fingerprint density at radius 1 is 1.28 bits per heavy atom. The molecular formula is C13H17N3S2. The van der Waals surface area contributed by atoms with Crippen LogP contribution >= 0.6 is 23.3 Å². The minimum absolute atomic E-state index is 0.609. The highest BCUT2D eigenvalue weighted by Crippen LogP contribution is 2.23. The van der Waals surface area contributed by atoms with Crippen LogP contribution in [0.1, 0.15) is 13.8 Å². The summed E-state index contributed by atoms with van der Waals surface area (Å²) in [5.41, 5.74) is 1.07. The highest BCUT2D eigenvalue weighted by atomic mass is 32.2. The predicted octanol–water partition coefficient (Wildman–Crippen LogP) is 3.99. The van der Waals surface area contributed by atoms with E-state index in [9.17, 15) is 0 Å². The Balaban J connectivity index is 2.08. The molecule has 3 nitrogen and oxygen atoms in total. The number of hydrogen-bond donors (Lipinski definition) is 1. The van der Waals surface area contributed by atoms with E-state index in [0.29, 0.717) is 5.92 Å². The zero-order valence-electron chi connectivity index (χ0n) is 10.8. The lowest BCUT2D eigenvalue weighted by Gasteiger charge is -2.03. The van der Waals surface area contributed by atoms with Gasteiger partial charge in [0, 0.05) is 28.5 Å². The predicted molar refractivity (Wildman–Crippen MR) is 80.5 cm³/mol. The van der Waals surface area contributed by atoms with Crippen LogP contribution in [0.4, 0.5) is 5.13 Å². The maximum Gasteiger partial charge on any atom is 0.202 e. The van der Waals surface area contributed by atoms with Crippen LogP contribution in [-0.4, -0.2) is 22.2 Å². The highest BCUT2D eigenvalue weighted by Gasteiger charge is 2.06. The summed E-state index contributed by atoms with van der Waals surface area (Å²) in [7, 11) is 0. The summed E-state index contributed by atoms with van der Waals surface area (Å²) in [6.45, 7) is 5.28. The molecule has 1 N–H and O–H groups in total. The van der Waals surface area contributed by atoms with Crippen molar-refractivity contribution in [3.05, 3.63) is 24.3 Å². The molecule has 0 saturated heterocycles. The SMILES string of the molecule is CSc1ccc(-c2nsc(NCC(C)C)n2)cc1. The third-order valence-electron chi connectivity index (χ3n) is 2.44. The molecule has 0 aliphatic heterocycles. The highest BCUT2D eigenvalue weighted by molar-refractivity contribution is 7.98. The number of thioether (sulfide) groups is 1. The van der Waals surface area contributed by atoms with E-state index in [-0.39, 0.29) is 0 Å². The topological polar surface area (TPSA) is 37.8 Å². The number of anilines is 1. The maximum atomic E-state index is 4.50. The van der Waals surface area contributed by atoms with Crippen LogP contribution in [0.15, 0.2) is 29.2 Å². The van der Waals surface area contributed by atoms with Gasteiger partial charge >= 0.3 is 0 Å². The van der Waals surface area contributed by atoms with Gasteiger partial charge in [-0.25, -0.2) is 0 Å². The van der Waals surface area contributed by atoms with Crippen molar-refractivity contribution >= 4 is 28.4 Å². The fraction of sp³-hybridized carbons (Fsp3) is 0.385. The van der Waals surface area contributed by atoms with Crippen LogP contribution in [0, 0.1) is 5.92 Å². The lowest BCUT2D eigenvalue weighted by molar-refractivity contribution is 0.688. The normalized spacial score (nSPS) is 10.9. The summed E-state index contributed by atoms with van der Waals surface area (Å²) in [5, 5.41) is 4.19. The van der Waals surface area contributed by atoms with E-state index in [4.69, 9.17) is 0 Å². The van der Waals surface area contributed by atoms with Gasteiger partial charge in [-0.3, -0.25) is 0 Å². The quantitative estimate of drug-likeness (QED) is 0.840. The zero-order chi connectivity index (χ0) is 13.0. The maximum absolute atomic E-state index is 4.50. The fourth-order valence-corrected chi connectivity index (χ4v) is 2.45. The third-order valence-corrected chi connectivity index (χ3v) is 3.85. The van der Waals surface area contributed by atoms with Gasteiger partial charge in [0.05, 0.1) is 0 Å². The largest absolute Gasteiger partial charge is 0.360 e. The van der Waals surface area contributed by atoms with Crippen LogP contribution in [-0.2, 0) is 0 Å². The number of aromatic nitrogens is 2. The second-order valence-corrected chi connectivity index (χ2v) is 6.06. The van der Waals surface area contributed by atoms with E-state index in [0.717, 1.165) is 23.1 Å². The number of hydrogen-bond acceptors (Lipinski definition) is 5. The molecule has 2 aromatic rings. The zero-order valence-corrected chi connectivity index (χ0v) is 12.4. The Morgan fingerprint density at radius 3 is 2.61 bits per heavy atom. The molecule has 5 heteroatoms. The molecule has 18 heavy (non-hydrogen) atoms. The van der Waals surface area contributed by atoms with Crippen LogP contribution in [0.25, 0.3) is 11.4 Å². The van der Waals surface area contributed by atoms with Crippen molar-refractivity contribution in [2.24, 2.45) is 5.92 Å². The van der Waals surface area contributed by atoms with Crippen LogP contribution < -0.4 is 5.32 Å². The van der Waals surface area contributed by atoms with E-state index in [2.05, 4.69) is 59.0 Å². The lowest BCUT2D eigenvalue weighted by Crippen LogP contribution is -2.07. The van der Waals surface area contributed by atoms with Crippen molar-refractivity contribution in [3.8, 4) is 11.4 Å². The van der Waals surface area contributed by atoms with Gasteiger partial charge in [0.1, 0.15) is 0 Å². The molecule has 0 bridgehead atoms. The van der Waals surface area contributed by atoms with Crippen molar-refractivity contribution in [1.82, 2.24) is 9.36 Å². The number of benzene rings is 1. The molecule has 1 aromatic carbocycles. The average molecular weight is 279 g/mol. The minimum Gasteiger partial charge on any atom is -0.360 e. The van der Waals surface area contributed by atoms with Crippen LogP contribution in [0.5, 0.6) is 0 Å². The summed E-state index contributed by atoms with van der Waals surface area (Å²) in [4.78, 5) is 5.75. The standard InChI is InChI=1S/C13H17N3S2/c1-9(2)8-14-13-15-12(16-18-13)10-4-6-11(17-3)7-5-10/h4-7,9H,8H2,1-3H3,(H,14,15,16). The van der Waals surface area contributed by atoms with Gasteiger partial charge in [-0.2, -0.15) is 9.36 Å². The molecule has 0 fully saturated rings. The summed E-state index contributed by atoms with van der Waals surface area (Å²) in [5.74, 6) is 1.41. The van der Waals surface area contributed by atoms with Gasteiger partial charge in [0.25, 0.3) is 0 Å². The summed E-state index contributed by atoms with van der Waals surface area (Å²) in [6.07, 6.45) is 2.07. The first-order valence-corrected chi connectivity index (χ1v) is 7.91. The Labute approximate surface area is 116 Å². The molecule has 0 aliphatic rings. The van der Waals surface area contributed by atoms with Gasteiger partial charge in [0.15, 0.2) is 5.82 Å². The van der Waals surface area contributed by atoms with Crippen molar-refractivity contribution in [3.63, 3.8) is 0 Å². The van der Waals surface area contributed by atoms with E-state index in [1.165, 1.54) is 16.4 Å². The number of rotatable bonds is 5. The molecule has 2 rings (SSSR count). The molecule has 1 heterocycles. The van der Waals surface area contributed by atoms with Gasteiger partial charge in [0.2, 0.25) is 5.13 Å². The molecule has 0 amide bonds. The molecule has 0 unspecified atom stereocenters. The van der Waals surface area contributed by atoms with E-state index in [1.807, 2.05) is 0 Å². The Bertz CT molecular complexity index is 491. The summed E-state index contributed by atoms with van der Waals surface area (Å²) >= 11 is 3.16. The first-order valence-electron chi connectivity index (χ1n) is 5.91. The smallest absolute Gasteiger partial charge is 0.202 e. The van der Waals surface area contributed by atoms with Crippen molar-refractivity contribution in [1.29, 1.82) is 0 Å². The molecule has 0 atom stereocenters. The molecule has 0 saturated carbocycles. The molecule has 0 radical (unpaired) electrons. The third kappa shape index (κ3) is 3.46. The summed E-state index contributed by atoms with van der Waals surface area (Å²) < 4.78 is 4.38. The van der Waals surface area contributed by atoms with Crippen molar-refractivity contribution in [2.45, 2.75) is 18.7 Å². The van der Waals surface area contributed by atoms with Gasteiger partial charge in [-0.15, -0.1) is 11.8 Å². The van der Waals surface area contributed by atoms with Crippen LogP contribution in [0.2, 0.25) is 0 Å². The molecular weight excluding hydrogens is 262 g/mol. The average Bonchev–Trinajstić information content (AvgIpc) is 2.85. The van der Waals surface area contributed by atoms with Crippen LogP contribution in [0.3, 0.4) is 0 Å². The monoisotopic (exact) mass is 279 g/mol. The second-order valence-electron chi connectivity index (χ2n) is 4.43. The lowest BCUT2D eigenvalue weighted by atomic mass is 10.2. The fourth-order valence-electron chi connectivity index (χ4n) is 1.44. The molecule has 1 aromatic heterocycles. The van der Waals surface area contributed by atoms with E-state index < -0.39 is 0 Å². The first kappa shape index (κ1) is 13.4. The minimum atomic E-state index is 0.609. The second kappa shape index (κ2) is 6.20. The molecule has 0 aliphatic carbocycles. The van der Waals surface area contributed by atoms with E-state index in [1.54, 1.807) is 11.8 Å². The van der Waals surface area contributed by atoms with Gasteiger partial charge in [-0.05, 0) is 24.3 Å². The Kier molecular flexibility index (Phi) is 4.60. The Morgan fingerprint density at radius 2 is 2.00 bits per heavy atom.